The first-order chi connectivity index (χ1) is 13.6. The first kappa shape index (κ1) is 18.5. The van der Waals surface area contributed by atoms with Gasteiger partial charge in [-0.3, -0.25) is 4.79 Å². The van der Waals surface area contributed by atoms with E-state index in [-0.39, 0.29) is 11.9 Å². The van der Waals surface area contributed by atoms with E-state index in [0.717, 1.165) is 17.3 Å². The van der Waals surface area contributed by atoms with E-state index >= 15 is 0 Å². The van der Waals surface area contributed by atoms with E-state index in [0.29, 0.717) is 24.3 Å². The van der Waals surface area contributed by atoms with E-state index in [1.165, 1.54) is 23.2 Å². The number of carbonyl (C=O) groups is 1. The lowest BCUT2D eigenvalue weighted by Crippen LogP contribution is -2.40. The average molecular weight is 445 g/mol. The van der Waals surface area contributed by atoms with E-state index in [1.54, 1.807) is 46.5 Å². The number of rotatable bonds is 4. The van der Waals surface area contributed by atoms with Crippen LogP contribution in [0.2, 0.25) is 0 Å². The van der Waals surface area contributed by atoms with Gasteiger partial charge in [0.2, 0.25) is 5.91 Å². The van der Waals surface area contributed by atoms with Crippen LogP contribution in [0.1, 0.15) is 24.4 Å². The van der Waals surface area contributed by atoms with Gasteiger partial charge in [0.15, 0.2) is 0 Å². The second-order valence-electron chi connectivity index (χ2n) is 6.60. The molecule has 0 saturated carbocycles. The van der Waals surface area contributed by atoms with Gasteiger partial charge in [0, 0.05) is 25.4 Å². The minimum absolute atomic E-state index is 0.0923. The topological polar surface area (TPSA) is 68.8 Å². The van der Waals surface area contributed by atoms with Gasteiger partial charge in [0.1, 0.15) is 24.2 Å². The molecule has 1 saturated heterocycles. The summed E-state index contributed by atoms with van der Waals surface area (Å²) in [5.74, 6) is -0.500. The molecule has 144 valence electrons. The van der Waals surface area contributed by atoms with Crippen LogP contribution < -0.4 is 0 Å². The van der Waals surface area contributed by atoms with Crippen molar-refractivity contribution in [3.05, 3.63) is 65.2 Å². The first-order valence-corrected chi connectivity index (χ1v) is 9.70. The predicted molar refractivity (Wildman–Crippen MR) is 105 cm³/mol. The normalized spacial score (nSPS) is 17.4. The zero-order valence-corrected chi connectivity index (χ0v) is 16.5. The number of nitrogens with zero attached hydrogens (tertiary/aromatic N) is 6. The quantitative estimate of drug-likeness (QED) is 0.579. The van der Waals surface area contributed by atoms with Crippen molar-refractivity contribution in [2.75, 3.05) is 13.1 Å². The van der Waals surface area contributed by atoms with Gasteiger partial charge in [-0.1, -0.05) is 6.07 Å². The molecule has 0 bridgehead atoms. The number of amides is 1. The third kappa shape index (κ3) is 4.04. The molecule has 1 amide bonds. The number of halogens is 2. The molecule has 1 aliphatic heterocycles. The fourth-order valence-corrected chi connectivity index (χ4v) is 3.58. The number of benzene rings is 1. The van der Waals surface area contributed by atoms with Gasteiger partial charge in [-0.15, -0.1) is 0 Å². The largest absolute Gasteiger partial charge is 0.337 e. The van der Waals surface area contributed by atoms with Crippen molar-refractivity contribution in [3.63, 3.8) is 0 Å². The van der Waals surface area contributed by atoms with Gasteiger partial charge in [0.25, 0.3) is 0 Å². The fraction of sp³-hybridized carbons (Fsp3) is 0.263. The Morgan fingerprint density at radius 1 is 1.32 bits per heavy atom. The van der Waals surface area contributed by atoms with Crippen LogP contribution in [0.5, 0.6) is 0 Å². The molecule has 2 aromatic heterocycles. The second-order valence-corrected chi connectivity index (χ2v) is 7.52. The summed E-state index contributed by atoms with van der Waals surface area (Å²) in [5.41, 5.74) is 0.964. The Morgan fingerprint density at radius 2 is 2.21 bits per heavy atom. The van der Waals surface area contributed by atoms with Crippen molar-refractivity contribution in [1.82, 2.24) is 29.4 Å². The van der Waals surface area contributed by atoms with E-state index in [1.807, 2.05) is 0 Å². The molecule has 0 spiro atoms. The van der Waals surface area contributed by atoms with E-state index in [2.05, 4.69) is 31.1 Å². The van der Waals surface area contributed by atoms with Crippen LogP contribution in [0, 0.1) is 5.82 Å². The third-order valence-corrected chi connectivity index (χ3v) is 5.12. The summed E-state index contributed by atoms with van der Waals surface area (Å²) in [4.78, 5) is 18.3. The summed E-state index contributed by atoms with van der Waals surface area (Å²) in [6.07, 6.45) is 11.4. The molecule has 0 radical (unpaired) electrons. The molecule has 1 aliphatic rings. The minimum Gasteiger partial charge on any atom is -0.337 e. The van der Waals surface area contributed by atoms with Gasteiger partial charge >= 0.3 is 0 Å². The summed E-state index contributed by atoms with van der Waals surface area (Å²) in [7, 11) is 0. The third-order valence-electron chi connectivity index (χ3n) is 4.71. The van der Waals surface area contributed by atoms with E-state index in [4.69, 9.17) is 0 Å². The SMILES string of the molecule is O=C(/C=C/c1ccc(-n2cc(Br)cn2)c(F)c1)N1CCCC(n2cncn2)C1. The van der Waals surface area contributed by atoms with Crippen LogP contribution in [0.25, 0.3) is 11.8 Å². The Bertz CT molecular complexity index is 1000. The number of hydrogen-bond donors (Lipinski definition) is 0. The summed E-state index contributed by atoms with van der Waals surface area (Å²) < 4.78 is 18.4. The Hall–Kier alpha value is -2.81. The standard InChI is InChI=1S/C19H18BrFN6O/c20-15-9-23-26(10-15)18-5-3-14(8-17(18)21)4-6-19(28)25-7-1-2-16(11-25)27-13-22-12-24-27/h3-6,8-10,12-13,16H,1-2,7,11H2/b6-4+. The minimum atomic E-state index is -0.408. The van der Waals surface area contributed by atoms with Crippen LogP contribution >= 0.6 is 15.9 Å². The van der Waals surface area contributed by atoms with Crippen molar-refractivity contribution in [3.8, 4) is 5.69 Å². The van der Waals surface area contributed by atoms with Gasteiger partial charge in [-0.2, -0.15) is 10.2 Å². The van der Waals surface area contributed by atoms with E-state index in [9.17, 15) is 9.18 Å². The maximum atomic E-state index is 14.4. The predicted octanol–water partition coefficient (Wildman–Crippen LogP) is 3.24. The average Bonchev–Trinajstić information content (AvgIpc) is 3.38. The van der Waals surface area contributed by atoms with Crippen molar-refractivity contribution in [2.24, 2.45) is 0 Å². The molecule has 0 N–H and O–H groups in total. The number of piperidine rings is 1. The lowest BCUT2D eigenvalue weighted by atomic mass is 10.1. The highest BCUT2D eigenvalue weighted by atomic mass is 79.9. The van der Waals surface area contributed by atoms with Gasteiger partial charge in [-0.25, -0.2) is 18.7 Å². The molecule has 1 unspecified atom stereocenters. The molecule has 1 aromatic carbocycles. The van der Waals surface area contributed by atoms with Crippen molar-refractivity contribution < 1.29 is 9.18 Å². The van der Waals surface area contributed by atoms with Crippen LogP contribution in [-0.4, -0.2) is 48.4 Å². The number of hydrogen-bond acceptors (Lipinski definition) is 4. The van der Waals surface area contributed by atoms with Gasteiger partial charge in [0.05, 0.1) is 16.7 Å². The first-order valence-electron chi connectivity index (χ1n) is 8.91. The molecule has 28 heavy (non-hydrogen) atoms. The lowest BCUT2D eigenvalue weighted by molar-refractivity contribution is -0.127. The molecule has 1 atom stereocenters. The van der Waals surface area contributed by atoms with Crippen molar-refractivity contribution >= 4 is 27.9 Å². The van der Waals surface area contributed by atoms with Crippen molar-refractivity contribution in [2.45, 2.75) is 18.9 Å². The highest BCUT2D eigenvalue weighted by molar-refractivity contribution is 9.10. The number of aromatic nitrogens is 5. The fourth-order valence-electron chi connectivity index (χ4n) is 3.29. The lowest BCUT2D eigenvalue weighted by Gasteiger charge is -2.31. The summed E-state index contributed by atoms with van der Waals surface area (Å²) in [6.45, 7) is 1.30. The zero-order valence-electron chi connectivity index (χ0n) is 14.9. The van der Waals surface area contributed by atoms with E-state index < -0.39 is 5.82 Å². The van der Waals surface area contributed by atoms with Crippen LogP contribution in [0.15, 0.2) is 53.8 Å². The summed E-state index contributed by atoms with van der Waals surface area (Å²) >= 11 is 3.30. The number of carbonyl (C=O) groups excluding carboxylic acids is 1. The van der Waals surface area contributed by atoms with Crippen molar-refractivity contribution in [1.29, 1.82) is 0 Å². The molecule has 0 aliphatic carbocycles. The van der Waals surface area contributed by atoms with Gasteiger partial charge in [-0.05, 0) is 52.5 Å². The molecule has 4 rings (SSSR count). The molecular weight excluding hydrogens is 427 g/mol. The Morgan fingerprint density at radius 3 is 2.93 bits per heavy atom. The number of likely N-dealkylation sites (tertiary alicyclic amines) is 1. The highest BCUT2D eigenvalue weighted by Gasteiger charge is 2.24. The summed E-state index contributed by atoms with van der Waals surface area (Å²) in [5, 5.41) is 8.25. The Balaban J connectivity index is 1.43. The summed E-state index contributed by atoms with van der Waals surface area (Å²) in [6, 6.07) is 4.93. The van der Waals surface area contributed by atoms with Crippen LogP contribution in [0.4, 0.5) is 4.39 Å². The molecular formula is C19H18BrFN6O. The monoisotopic (exact) mass is 444 g/mol. The second kappa shape index (κ2) is 8.05. The molecule has 9 heteroatoms. The smallest absolute Gasteiger partial charge is 0.246 e. The molecule has 3 heterocycles. The van der Waals surface area contributed by atoms with Crippen LogP contribution in [0.3, 0.4) is 0 Å². The maximum absolute atomic E-state index is 14.4. The molecule has 7 nitrogen and oxygen atoms in total. The molecule has 1 fully saturated rings. The Kier molecular flexibility index (Phi) is 5.34. The Labute approximate surface area is 169 Å². The van der Waals surface area contributed by atoms with Crippen LogP contribution in [-0.2, 0) is 4.79 Å². The highest BCUT2D eigenvalue weighted by Crippen LogP contribution is 2.21. The van der Waals surface area contributed by atoms with Gasteiger partial charge < -0.3 is 4.90 Å². The molecule has 3 aromatic rings. The maximum Gasteiger partial charge on any atom is 0.246 e. The zero-order chi connectivity index (χ0) is 19.5.